The van der Waals surface area contributed by atoms with Gasteiger partial charge in [-0.2, -0.15) is 0 Å². The fourth-order valence-corrected chi connectivity index (χ4v) is 1.63. The highest BCUT2D eigenvalue weighted by atomic mass is 15.3. The highest BCUT2D eigenvalue weighted by Gasteiger charge is 2.19. The summed E-state index contributed by atoms with van der Waals surface area (Å²) in [5.41, 5.74) is 1.98. The van der Waals surface area contributed by atoms with Crippen LogP contribution in [0.25, 0.3) is 11.4 Å². The molecule has 0 amide bonds. The lowest BCUT2D eigenvalue weighted by molar-refractivity contribution is 0.399. The molecular weight excluding hydrogens is 200 g/mol. The molecule has 0 aliphatic heterocycles. The van der Waals surface area contributed by atoms with Crippen molar-refractivity contribution in [3.8, 4) is 11.4 Å². The molecule has 0 atom stereocenters. The van der Waals surface area contributed by atoms with E-state index in [1.54, 1.807) is 12.5 Å². The molecule has 84 valence electrons. The number of hydrogen-bond acceptors (Lipinski definition) is 3. The van der Waals surface area contributed by atoms with Gasteiger partial charge in [-0.25, -0.2) is 0 Å². The average Bonchev–Trinajstić information content (AvgIpc) is 2.66. The molecule has 0 radical (unpaired) electrons. The number of nitrogens with zero attached hydrogens (tertiary/aromatic N) is 4. The van der Waals surface area contributed by atoms with Gasteiger partial charge < -0.3 is 4.57 Å². The summed E-state index contributed by atoms with van der Waals surface area (Å²) in [5, 5.41) is 8.18. The van der Waals surface area contributed by atoms with Crippen LogP contribution in [0.1, 0.15) is 26.5 Å². The predicted molar refractivity (Wildman–Crippen MR) is 63.0 cm³/mol. The lowest BCUT2D eigenvalue weighted by atomic mass is 10.1. The van der Waals surface area contributed by atoms with E-state index in [0.717, 1.165) is 17.1 Å². The van der Waals surface area contributed by atoms with Crippen molar-refractivity contribution in [2.24, 2.45) is 0 Å². The van der Waals surface area contributed by atoms with Crippen molar-refractivity contribution >= 4 is 0 Å². The summed E-state index contributed by atoms with van der Waals surface area (Å²) in [6.45, 7) is 8.37. The first kappa shape index (κ1) is 10.8. The highest BCUT2D eigenvalue weighted by Crippen LogP contribution is 2.24. The molecule has 0 aliphatic carbocycles. The minimum Gasteiger partial charge on any atom is -0.308 e. The Bertz CT molecular complexity index is 494. The van der Waals surface area contributed by atoms with E-state index in [2.05, 4.69) is 40.5 Å². The Hall–Kier alpha value is -1.71. The Labute approximate surface area is 95.4 Å². The molecule has 0 unspecified atom stereocenters. The fraction of sp³-hybridized carbons (Fsp3) is 0.417. The number of aromatic nitrogens is 4. The Morgan fingerprint density at radius 1 is 1.25 bits per heavy atom. The number of hydrogen-bond donors (Lipinski definition) is 0. The van der Waals surface area contributed by atoms with Crippen molar-refractivity contribution in [2.45, 2.75) is 33.2 Å². The van der Waals surface area contributed by atoms with Crippen LogP contribution >= 0.6 is 0 Å². The van der Waals surface area contributed by atoms with Crippen molar-refractivity contribution in [1.29, 1.82) is 0 Å². The molecule has 0 aromatic carbocycles. The minimum atomic E-state index is -0.0267. The summed E-state index contributed by atoms with van der Waals surface area (Å²) < 4.78 is 2.07. The minimum absolute atomic E-state index is 0.0267. The van der Waals surface area contributed by atoms with Crippen LogP contribution in [0.15, 0.2) is 24.7 Å². The molecule has 4 nitrogen and oxygen atoms in total. The molecule has 0 spiro atoms. The molecule has 0 N–H and O–H groups in total. The quantitative estimate of drug-likeness (QED) is 0.735. The summed E-state index contributed by atoms with van der Waals surface area (Å²) >= 11 is 0. The van der Waals surface area contributed by atoms with Crippen molar-refractivity contribution in [3.05, 3.63) is 30.4 Å². The Balaban J connectivity index is 2.58. The van der Waals surface area contributed by atoms with Crippen LogP contribution in [0.2, 0.25) is 0 Å². The zero-order valence-corrected chi connectivity index (χ0v) is 10.1. The lowest BCUT2D eigenvalue weighted by Gasteiger charge is -2.22. The summed E-state index contributed by atoms with van der Waals surface area (Å²) in [5.74, 6) is 0.873. The van der Waals surface area contributed by atoms with E-state index in [1.165, 1.54) is 0 Å². The third-order valence-electron chi connectivity index (χ3n) is 2.52. The zero-order valence-electron chi connectivity index (χ0n) is 10.1. The van der Waals surface area contributed by atoms with Gasteiger partial charge >= 0.3 is 0 Å². The number of aryl methyl sites for hydroxylation is 1. The second-order valence-electron chi connectivity index (χ2n) is 4.83. The molecule has 16 heavy (non-hydrogen) atoms. The van der Waals surface area contributed by atoms with Crippen molar-refractivity contribution in [3.63, 3.8) is 0 Å². The Kier molecular flexibility index (Phi) is 2.50. The summed E-state index contributed by atoms with van der Waals surface area (Å²) in [6, 6.07) is 3.94. The Morgan fingerprint density at radius 3 is 2.62 bits per heavy atom. The molecule has 0 saturated carbocycles. The molecular formula is C12H16N4. The van der Waals surface area contributed by atoms with Crippen molar-refractivity contribution in [2.75, 3.05) is 0 Å². The van der Waals surface area contributed by atoms with Crippen LogP contribution in [0.3, 0.4) is 0 Å². The highest BCUT2D eigenvalue weighted by molar-refractivity contribution is 5.57. The van der Waals surface area contributed by atoms with Gasteiger partial charge in [0.1, 0.15) is 6.33 Å². The molecule has 2 aromatic rings. The van der Waals surface area contributed by atoms with Gasteiger partial charge in [-0.1, -0.05) is 0 Å². The van der Waals surface area contributed by atoms with Gasteiger partial charge in [-0.15, -0.1) is 10.2 Å². The van der Waals surface area contributed by atoms with Gasteiger partial charge in [-0.3, -0.25) is 4.98 Å². The smallest absolute Gasteiger partial charge is 0.166 e. The summed E-state index contributed by atoms with van der Waals surface area (Å²) in [6.07, 6.45) is 3.55. The van der Waals surface area contributed by atoms with Crippen LogP contribution in [0.4, 0.5) is 0 Å². The molecule has 4 heteroatoms. The standard InChI is InChI=1S/C12H16N4/c1-9-10(6-5-7-13-9)11-15-14-8-16(11)12(2,3)4/h5-8H,1-4H3. The molecule has 0 fully saturated rings. The van der Waals surface area contributed by atoms with E-state index in [4.69, 9.17) is 0 Å². The van der Waals surface area contributed by atoms with E-state index in [9.17, 15) is 0 Å². The topological polar surface area (TPSA) is 43.6 Å². The maximum atomic E-state index is 4.28. The third kappa shape index (κ3) is 1.83. The third-order valence-corrected chi connectivity index (χ3v) is 2.52. The van der Waals surface area contributed by atoms with Crippen LogP contribution < -0.4 is 0 Å². The molecule has 2 heterocycles. The van der Waals surface area contributed by atoms with Gasteiger partial charge in [0.15, 0.2) is 5.82 Å². The predicted octanol–water partition coefficient (Wildman–Crippen LogP) is 2.40. The zero-order chi connectivity index (χ0) is 11.8. The van der Waals surface area contributed by atoms with Crippen LogP contribution in [0, 0.1) is 6.92 Å². The van der Waals surface area contributed by atoms with E-state index in [0.29, 0.717) is 0 Å². The van der Waals surface area contributed by atoms with Gasteiger partial charge in [0.25, 0.3) is 0 Å². The summed E-state index contributed by atoms with van der Waals surface area (Å²) in [7, 11) is 0. The monoisotopic (exact) mass is 216 g/mol. The first-order chi connectivity index (χ1) is 7.50. The van der Waals surface area contributed by atoms with Gasteiger partial charge in [0, 0.05) is 23.0 Å². The Morgan fingerprint density at radius 2 is 2.00 bits per heavy atom. The number of rotatable bonds is 1. The van der Waals surface area contributed by atoms with Crippen LogP contribution in [-0.4, -0.2) is 19.7 Å². The van der Waals surface area contributed by atoms with E-state index < -0.39 is 0 Å². The molecule has 0 saturated heterocycles. The molecule has 0 bridgehead atoms. The first-order valence-corrected chi connectivity index (χ1v) is 5.32. The largest absolute Gasteiger partial charge is 0.308 e. The first-order valence-electron chi connectivity index (χ1n) is 5.32. The van der Waals surface area contributed by atoms with Crippen LogP contribution in [-0.2, 0) is 5.54 Å². The normalized spacial score (nSPS) is 11.8. The second kappa shape index (κ2) is 3.70. The maximum Gasteiger partial charge on any atom is 0.166 e. The van der Waals surface area contributed by atoms with E-state index in [-0.39, 0.29) is 5.54 Å². The summed E-state index contributed by atoms with van der Waals surface area (Å²) in [4.78, 5) is 4.28. The molecule has 2 aromatic heterocycles. The fourth-order valence-electron chi connectivity index (χ4n) is 1.63. The van der Waals surface area contributed by atoms with E-state index in [1.807, 2.05) is 19.1 Å². The van der Waals surface area contributed by atoms with Gasteiger partial charge in [-0.05, 0) is 39.8 Å². The van der Waals surface area contributed by atoms with Crippen LogP contribution in [0.5, 0.6) is 0 Å². The van der Waals surface area contributed by atoms with Gasteiger partial charge in [0.05, 0.1) is 0 Å². The SMILES string of the molecule is Cc1ncccc1-c1nncn1C(C)(C)C. The second-order valence-corrected chi connectivity index (χ2v) is 4.83. The molecule has 2 rings (SSSR count). The van der Waals surface area contributed by atoms with E-state index >= 15 is 0 Å². The maximum absolute atomic E-state index is 4.28. The van der Waals surface area contributed by atoms with Gasteiger partial charge in [0.2, 0.25) is 0 Å². The molecule has 0 aliphatic rings. The number of pyridine rings is 1. The lowest BCUT2D eigenvalue weighted by Crippen LogP contribution is -2.22. The average molecular weight is 216 g/mol. The van der Waals surface area contributed by atoms with Crippen molar-refractivity contribution < 1.29 is 0 Å². The van der Waals surface area contributed by atoms with Crippen molar-refractivity contribution in [1.82, 2.24) is 19.7 Å².